The zero-order valence-corrected chi connectivity index (χ0v) is 12.1. The third-order valence-electron chi connectivity index (χ3n) is 3.91. The summed E-state index contributed by atoms with van der Waals surface area (Å²) in [4.78, 5) is 12.5. The molecule has 0 amide bonds. The maximum atomic E-state index is 5.69. The Bertz CT molecular complexity index is 647. The first kappa shape index (κ1) is 12.8. The van der Waals surface area contributed by atoms with Crippen LogP contribution in [-0.2, 0) is 12.0 Å². The lowest BCUT2D eigenvalue weighted by atomic mass is 9.93. The van der Waals surface area contributed by atoms with Crippen LogP contribution in [0.4, 0.5) is 11.9 Å². The van der Waals surface area contributed by atoms with Gasteiger partial charge < -0.3 is 11.1 Å². The maximum absolute atomic E-state index is 5.69. The fourth-order valence-corrected chi connectivity index (χ4v) is 2.88. The predicted molar refractivity (Wildman–Crippen MR) is 79.5 cm³/mol. The van der Waals surface area contributed by atoms with Gasteiger partial charge in [-0.05, 0) is 44.7 Å². The molecular weight excluding hydrogens is 250 g/mol. The van der Waals surface area contributed by atoms with Crippen molar-refractivity contribution in [2.75, 3.05) is 11.1 Å². The molecule has 0 saturated heterocycles. The van der Waals surface area contributed by atoms with E-state index in [0.29, 0.717) is 11.8 Å². The molecule has 104 valence electrons. The molecule has 20 heavy (non-hydrogen) atoms. The van der Waals surface area contributed by atoms with Crippen LogP contribution in [0.3, 0.4) is 0 Å². The number of nitrogens with one attached hydrogen (secondary N) is 1. The first-order valence-electron chi connectivity index (χ1n) is 6.83. The van der Waals surface area contributed by atoms with Gasteiger partial charge in [0.05, 0.1) is 5.54 Å². The first-order chi connectivity index (χ1) is 9.46. The fraction of sp³-hybridized carbons (Fsp3) is 0.400. The van der Waals surface area contributed by atoms with E-state index in [-0.39, 0.29) is 11.5 Å². The Morgan fingerprint density at radius 3 is 2.75 bits per heavy atom. The largest absolute Gasteiger partial charge is 0.368 e. The lowest BCUT2D eigenvalue weighted by molar-refractivity contribution is 0.533. The van der Waals surface area contributed by atoms with E-state index in [4.69, 9.17) is 5.73 Å². The van der Waals surface area contributed by atoms with Crippen LogP contribution < -0.4 is 11.1 Å². The second-order valence-corrected chi connectivity index (χ2v) is 5.68. The molecule has 0 aliphatic heterocycles. The van der Waals surface area contributed by atoms with Gasteiger partial charge in [0.1, 0.15) is 5.82 Å². The SMILES string of the molecule is Cc1ccc2c(c1)[C@](C)(Nc1nc(C)nc(N)n1)CC2. The predicted octanol–water partition coefficient (Wildman–Crippen LogP) is 2.34. The van der Waals surface area contributed by atoms with Crippen LogP contribution in [0, 0.1) is 13.8 Å². The molecule has 1 aliphatic rings. The van der Waals surface area contributed by atoms with Crippen LogP contribution in [0.5, 0.6) is 0 Å². The molecule has 0 bridgehead atoms. The third kappa shape index (κ3) is 2.19. The van der Waals surface area contributed by atoms with Gasteiger partial charge in [0.25, 0.3) is 0 Å². The Labute approximate surface area is 118 Å². The van der Waals surface area contributed by atoms with Crippen LogP contribution in [0.15, 0.2) is 18.2 Å². The summed E-state index contributed by atoms with van der Waals surface area (Å²) in [5.41, 5.74) is 9.53. The number of benzene rings is 1. The van der Waals surface area contributed by atoms with Gasteiger partial charge in [0.15, 0.2) is 0 Å². The Morgan fingerprint density at radius 1 is 1.20 bits per heavy atom. The zero-order valence-electron chi connectivity index (χ0n) is 12.1. The fourth-order valence-electron chi connectivity index (χ4n) is 2.88. The Hall–Kier alpha value is -2.17. The molecule has 5 nitrogen and oxygen atoms in total. The monoisotopic (exact) mass is 269 g/mol. The Morgan fingerprint density at radius 2 is 2.00 bits per heavy atom. The quantitative estimate of drug-likeness (QED) is 0.875. The van der Waals surface area contributed by atoms with Gasteiger partial charge in [0, 0.05) is 0 Å². The number of anilines is 2. The number of nitrogens with two attached hydrogens (primary N) is 1. The van der Waals surface area contributed by atoms with Gasteiger partial charge in [-0.25, -0.2) is 0 Å². The average Bonchev–Trinajstić information content (AvgIpc) is 2.65. The number of aryl methyl sites for hydroxylation is 3. The molecule has 5 heteroatoms. The zero-order chi connectivity index (χ0) is 14.3. The van der Waals surface area contributed by atoms with E-state index >= 15 is 0 Å². The summed E-state index contributed by atoms with van der Waals surface area (Å²) in [6, 6.07) is 6.62. The van der Waals surface area contributed by atoms with Crippen molar-refractivity contribution in [2.45, 2.75) is 39.2 Å². The highest BCUT2D eigenvalue weighted by Crippen LogP contribution is 2.39. The van der Waals surface area contributed by atoms with Crippen molar-refractivity contribution in [1.29, 1.82) is 0 Å². The van der Waals surface area contributed by atoms with E-state index in [1.165, 1.54) is 16.7 Å². The van der Waals surface area contributed by atoms with Gasteiger partial charge in [-0.1, -0.05) is 23.8 Å². The van der Waals surface area contributed by atoms with E-state index in [0.717, 1.165) is 12.8 Å². The number of hydrogen-bond donors (Lipinski definition) is 2. The van der Waals surface area contributed by atoms with Crippen LogP contribution in [0.1, 0.15) is 35.9 Å². The van der Waals surface area contributed by atoms with Gasteiger partial charge >= 0.3 is 0 Å². The van der Waals surface area contributed by atoms with Crippen molar-refractivity contribution >= 4 is 11.9 Å². The summed E-state index contributed by atoms with van der Waals surface area (Å²) in [6.45, 7) is 6.12. The molecule has 1 atom stereocenters. The molecule has 3 rings (SSSR count). The van der Waals surface area contributed by atoms with Crippen molar-refractivity contribution in [1.82, 2.24) is 15.0 Å². The van der Waals surface area contributed by atoms with Crippen LogP contribution >= 0.6 is 0 Å². The molecule has 0 spiro atoms. The van der Waals surface area contributed by atoms with Crippen molar-refractivity contribution < 1.29 is 0 Å². The van der Waals surface area contributed by atoms with Gasteiger partial charge in [-0.15, -0.1) is 0 Å². The molecule has 1 aliphatic carbocycles. The Kier molecular flexibility index (Phi) is 2.85. The van der Waals surface area contributed by atoms with Crippen molar-refractivity contribution in [3.8, 4) is 0 Å². The normalized spacial score (nSPS) is 20.8. The lowest BCUT2D eigenvalue weighted by Crippen LogP contribution is -2.30. The molecule has 0 unspecified atom stereocenters. The molecule has 1 aromatic heterocycles. The van der Waals surface area contributed by atoms with Crippen LogP contribution in [0.25, 0.3) is 0 Å². The smallest absolute Gasteiger partial charge is 0.228 e. The molecule has 1 aromatic carbocycles. The summed E-state index contributed by atoms with van der Waals surface area (Å²) in [6.07, 6.45) is 2.09. The molecular formula is C15H19N5. The molecule has 0 radical (unpaired) electrons. The minimum atomic E-state index is -0.151. The van der Waals surface area contributed by atoms with Crippen LogP contribution in [0.2, 0.25) is 0 Å². The highest BCUT2D eigenvalue weighted by Gasteiger charge is 2.35. The summed E-state index contributed by atoms with van der Waals surface area (Å²) in [5.74, 6) is 1.43. The second kappa shape index (κ2) is 4.44. The maximum Gasteiger partial charge on any atom is 0.228 e. The third-order valence-corrected chi connectivity index (χ3v) is 3.91. The van der Waals surface area contributed by atoms with Crippen LogP contribution in [-0.4, -0.2) is 15.0 Å². The van der Waals surface area contributed by atoms with Gasteiger partial charge in [-0.2, -0.15) is 15.0 Å². The number of nitrogen functional groups attached to an aromatic ring is 1. The second-order valence-electron chi connectivity index (χ2n) is 5.68. The topological polar surface area (TPSA) is 76.7 Å². The number of rotatable bonds is 2. The Balaban J connectivity index is 1.97. The average molecular weight is 269 g/mol. The van der Waals surface area contributed by atoms with Gasteiger partial charge in [-0.3, -0.25) is 0 Å². The number of fused-ring (bicyclic) bond motifs is 1. The van der Waals surface area contributed by atoms with E-state index in [1.807, 2.05) is 6.92 Å². The van der Waals surface area contributed by atoms with Crippen molar-refractivity contribution in [2.24, 2.45) is 0 Å². The molecule has 0 fully saturated rings. The minimum Gasteiger partial charge on any atom is -0.368 e. The summed E-state index contributed by atoms with van der Waals surface area (Å²) < 4.78 is 0. The standard InChI is InChI=1S/C15H19N5/c1-9-4-5-11-6-7-15(3,12(11)8-9)20-14-18-10(2)17-13(16)19-14/h4-5,8H,6-7H2,1-3H3,(H3,16,17,18,19,20)/t15-/m1/s1. The van der Waals surface area contributed by atoms with E-state index < -0.39 is 0 Å². The van der Waals surface area contributed by atoms with Crippen molar-refractivity contribution in [3.05, 3.63) is 40.7 Å². The summed E-state index contributed by atoms with van der Waals surface area (Å²) >= 11 is 0. The first-order valence-corrected chi connectivity index (χ1v) is 6.83. The highest BCUT2D eigenvalue weighted by molar-refractivity contribution is 5.47. The number of hydrogen-bond acceptors (Lipinski definition) is 5. The molecule has 2 aromatic rings. The van der Waals surface area contributed by atoms with E-state index in [2.05, 4.69) is 52.3 Å². The molecule has 0 saturated carbocycles. The molecule has 3 N–H and O–H groups in total. The minimum absolute atomic E-state index is 0.151. The summed E-state index contributed by atoms with van der Waals surface area (Å²) in [5, 5.41) is 3.44. The van der Waals surface area contributed by atoms with E-state index in [9.17, 15) is 0 Å². The molecule has 1 heterocycles. The van der Waals surface area contributed by atoms with E-state index in [1.54, 1.807) is 0 Å². The number of aromatic nitrogens is 3. The lowest BCUT2D eigenvalue weighted by Gasteiger charge is -2.27. The summed E-state index contributed by atoms with van der Waals surface area (Å²) in [7, 11) is 0. The number of nitrogens with zero attached hydrogens (tertiary/aromatic N) is 3. The highest BCUT2D eigenvalue weighted by atomic mass is 15.2. The van der Waals surface area contributed by atoms with Crippen molar-refractivity contribution in [3.63, 3.8) is 0 Å². The van der Waals surface area contributed by atoms with Gasteiger partial charge in [0.2, 0.25) is 11.9 Å².